The van der Waals surface area contributed by atoms with E-state index in [1.165, 1.54) is 29.6 Å². The zero-order chi connectivity index (χ0) is 22.9. The molecule has 1 unspecified atom stereocenters. The summed E-state index contributed by atoms with van der Waals surface area (Å²) in [4.78, 5) is 28.1. The monoisotopic (exact) mass is 437 g/mol. The van der Waals surface area contributed by atoms with Crippen LogP contribution in [0.25, 0.3) is 0 Å². The van der Waals surface area contributed by atoms with E-state index in [4.69, 9.17) is 4.74 Å². The maximum atomic E-state index is 13.0. The zero-order valence-corrected chi connectivity index (χ0v) is 19.8. The summed E-state index contributed by atoms with van der Waals surface area (Å²) in [5, 5.41) is 4.46. The summed E-state index contributed by atoms with van der Waals surface area (Å²) in [5.41, 5.74) is 3.16. The van der Waals surface area contributed by atoms with Gasteiger partial charge in [0.25, 0.3) is 0 Å². The maximum absolute atomic E-state index is 13.0. The van der Waals surface area contributed by atoms with Crippen molar-refractivity contribution in [3.8, 4) is 0 Å². The summed E-state index contributed by atoms with van der Waals surface area (Å²) in [6.07, 6.45) is 5.63. The highest BCUT2D eigenvalue weighted by atomic mass is 16.6. The highest BCUT2D eigenvalue weighted by molar-refractivity contribution is 5.87. The molecular formula is C26H35N3O3. The molecule has 2 aliphatic rings. The number of Topliss-reactive ketones (excluding diaryl/α,β-unsaturated/α-hetero) is 1. The molecule has 1 saturated heterocycles. The van der Waals surface area contributed by atoms with Crippen molar-refractivity contribution in [1.29, 1.82) is 0 Å². The van der Waals surface area contributed by atoms with Gasteiger partial charge in [0.2, 0.25) is 0 Å². The van der Waals surface area contributed by atoms with Crippen LogP contribution in [0, 0.1) is 0 Å². The second-order valence-corrected chi connectivity index (χ2v) is 10.2. The Morgan fingerprint density at radius 1 is 1.09 bits per heavy atom. The number of benzene rings is 1. The minimum absolute atomic E-state index is 0.104. The molecule has 172 valence electrons. The normalized spacial score (nSPS) is 17.8. The van der Waals surface area contributed by atoms with E-state index in [-0.39, 0.29) is 18.1 Å². The molecule has 1 atom stereocenters. The molecule has 1 aliphatic heterocycles. The largest absolute Gasteiger partial charge is 0.442 e. The highest BCUT2D eigenvalue weighted by Crippen LogP contribution is 2.40. The summed E-state index contributed by atoms with van der Waals surface area (Å²) >= 11 is 0. The molecule has 1 aromatic heterocycles. The number of carbonyl (C=O) groups is 2. The van der Waals surface area contributed by atoms with Crippen LogP contribution in [-0.2, 0) is 16.0 Å². The number of ether oxygens (including phenoxy) is 1. The Morgan fingerprint density at radius 2 is 1.75 bits per heavy atom. The van der Waals surface area contributed by atoms with Crippen molar-refractivity contribution in [1.82, 2.24) is 9.78 Å². The third-order valence-corrected chi connectivity index (χ3v) is 6.30. The van der Waals surface area contributed by atoms with Crippen LogP contribution >= 0.6 is 0 Å². The molecule has 2 heterocycles. The molecule has 1 saturated carbocycles. The molecule has 0 spiro atoms. The predicted molar refractivity (Wildman–Crippen MR) is 125 cm³/mol. The lowest BCUT2D eigenvalue weighted by Crippen LogP contribution is -2.29. The van der Waals surface area contributed by atoms with Crippen LogP contribution in [0.15, 0.2) is 30.3 Å². The van der Waals surface area contributed by atoms with E-state index in [9.17, 15) is 9.59 Å². The lowest BCUT2D eigenvalue weighted by atomic mass is 9.93. The first-order chi connectivity index (χ1) is 15.2. The van der Waals surface area contributed by atoms with E-state index in [0.29, 0.717) is 11.6 Å². The molecule has 0 radical (unpaired) electrons. The number of nitrogens with zero attached hydrogens (tertiary/aromatic N) is 3. The van der Waals surface area contributed by atoms with E-state index in [0.717, 1.165) is 37.2 Å². The fourth-order valence-electron chi connectivity index (χ4n) is 4.30. The van der Waals surface area contributed by atoms with Crippen molar-refractivity contribution >= 4 is 17.6 Å². The van der Waals surface area contributed by atoms with Crippen LogP contribution < -0.4 is 4.90 Å². The number of carbonyl (C=O) groups excluding carboxylic acids is 2. The Balaban J connectivity index is 1.44. The predicted octanol–water partition coefficient (Wildman–Crippen LogP) is 5.45. The van der Waals surface area contributed by atoms with Gasteiger partial charge >= 0.3 is 6.09 Å². The van der Waals surface area contributed by atoms with Gasteiger partial charge in [0, 0.05) is 30.6 Å². The molecule has 4 rings (SSSR count). The molecule has 6 nitrogen and oxygen atoms in total. The zero-order valence-electron chi connectivity index (χ0n) is 19.8. The Labute approximate surface area is 190 Å². The molecule has 0 N–H and O–H groups in total. The quantitative estimate of drug-likeness (QED) is 0.601. The second-order valence-electron chi connectivity index (χ2n) is 10.2. The van der Waals surface area contributed by atoms with Crippen molar-refractivity contribution in [2.45, 2.75) is 83.7 Å². The molecular weight excluding hydrogens is 402 g/mol. The van der Waals surface area contributed by atoms with Crippen molar-refractivity contribution < 1.29 is 14.3 Å². The number of ketones is 1. The van der Waals surface area contributed by atoms with E-state index in [2.05, 4.69) is 34.3 Å². The molecule has 1 aliphatic carbocycles. The molecule has 2 aromatic rings. The summed E-state index contributed by atoms with van der Waals surface area (Å²) < 4.78 is 6.88. The maximum Gasteiger partial charge on any atom is 0.435 e. The fraction of sp³-hybridized carbons (Fsp3) is 0.577. The van der Waals surface area contributed by atoms with Crippen molar-refractivity contribution in [2.24, 2.45) is 0 Å². The van der Waals surface area contributed by atoms with E-state index < -0.39 is 11.7 Å². The highest BCUT2D eigenvalue weighted by Gasteiger charge is 2.32. The third-order valence-electron chi connectivity index (χ3n) is 6.30. The molecule has 2 fully saturated rings. The SMILES string of the molecule is CC(C(=O)Cc1cc(C2CC2)n(C(=O)OC(C)(C)C)n1)c1ccc(N2CCCCC2)cc1. The number of rotatable bonds is 6. The fourth-order valence-corrected chi connectivity index (χ4v) is 4.30. The minimum Gasteiger partial charge on any atom is -0.442 e. The summed E-state index contributed by atoms with van der Waals surface area (Å²) in [7, 11) is 0. The average molecular weight is 438 g/mol. The first-order valence-corrected chi connectivity index (χ1v) is 11.9. The molecule has 6 heteroatoms. The van der Waals surface area contributed by atoms with Crippen LogP contribution in [0.2, 0.25) is 0 Å². The Morgan fingerprint density at radius 3 is 2.34 bits per heavy atom. The van der Waals surface area contributed by atoms with Gasteiger partial charge in [-0.2, -0.15) is 9.78 Å². The van der Waals surface area contributed by atoms with Gasteiger partial charge < -0.3 is 9.64 Å². The van der Waals surface area contributed by atoms with E-state index in [1.807, 2.05) is 33.8 Å². The lowest BCUT2D eigenvalue weighted by molar-refractivity contribution is -0.119. The van der Waals surface area contributed by atoms with Crippen molar-refractivity contribution in [3.05, 3.63) is 47.3 Å². The Bertz CT molecular complexity index is 961. The first kappa shape index (κ1) is 22.6. The van der Waals surface area contributed by atoms with Gasteiger partial charge in [0.1, 0.15) is 11.4 Å². The van der Waals surface area contributed by atoms with Gasteiger partial charge in [-0.05, 0) is 76.6 Å². The second kappa shape index (κ2) is 9.08. The first-order valence-electron chi connectivity index (χ1n) is 11.9. The van der Waals surface area contributed by atoms with Crippen molar-refractivity contribution in [3.63, 3.8) is 0 Å². The standard InChI is InChI=1S/C26H35N3O3/c1-18(19-10-12-22(13-11-19)28-14-6-5-7-15-28)24(30)17-21-16-23(20-8-9-20)29(27-21)25(31)32-26(2,3)4/h10-13,16,18,20H,5-9,14-15,17H2,1-4H3. The Kier molecular flexibility index (Phi) is 6.40. The molecule has 0 bridgehead atoms. The van der Waals surface area contributed by atoms with Crippen LogP contribution in [0.3, 0.4) is 0 Å². The number of piperidine rings is 1. The lowest BCUT2D eigenvalue weighted by Gasteiger charge is -2.29. The smallest absolute Gasteiger partial charge is 0.435 e. The van der Waals surface area contributed by atoms with Gasteiger partial charge in [-0.1, -0.05) is 19.1 Å². The molecule has 0 amide bonds. The number of hydrogen-bond donors (Lipinski definition) is 0. The van der Waals surface area contributed by atoms with Crippen LogP contribution in [0.5, 0.6) is 0 Å². The Hall–Kier alpha value is -2.63. The summed E-state index contributed by atoms with van der Waals surface area (Å²) in [6.45, 7) is 9.69. The van der Waals surface area contributed by atoms with Gasteiger partial charge in [0.15, 0.2) is 0 Å². The van der Waals surface area contributed by atoms with Gasteiger partial charge in [-0.3, -0.25) is 4.79 Å². The van der Waals surface area contributed by atoms with Gasteiger partial charge in [-0.15, -0.1) is 0 Å². The van der Waals surface area contributed by atoms with Gasteiger partial charge in [-0.25, -0.2) is 4.79 Å². The topological polar surface area (TPSA) is 64.4 Å². The van der Waals surface area contributed by atoms with Gasteiger partial charge in [0.05, 0.1) is 17.8 Å². The van der Waals surface area contributed by atoms with Crippen LogP contribution in [0.1, 0.15) is 88.6 Å². The van der Waals surface area contributed by atoms with E-state index >= 15 is 0 Å². The molecule has 1 aromatic carbocycles. The number of hydrogen-bond acceptors (Lipinski definition) is 5. The molecule has 32 heavy (non-hydrogen) atoms. The minimum atomic E-state index is -0.589. The van der Waals surface area contributed by atoms with Crippen molar-refractivity contribution in [2.75, 3.05) is 18.0 Å². The van der Waals surface area contributed by atoms with Crippen LogP contribution in [-0.4, -0.2) is 40.3 Å². The summed E-state index contributed by atoms with van der Waals surface area (Å²) in [5.74, 6) is 0.215. The number of anilines is 1. The van der Waals surface area contributed by atoms with E-state index in [1.54, 1.807) is 0 Å². The summed E-state index contributed by atoms with van der Waals surface area (Å²) in [6, 6.07) is 10.3. The van der Waals surface area contributed by atoms with Crippen LogP contribution in [0.4, 0.5) is 10.5 Å². The number of aromatic nitrogens is 2. The average Bonchev–Trinajstić information content (AvgIpc) is 3.52. The third kappa shape index (κ3) is 5.40.